The SMILES string of the molecule is COc1ccc([C@]2(C)NC(=O)N(CC(=O)Nc3nc4ccccc4[nH]3)C2=O)cc1. The Morgan fingerprint density at radius 1 is 1.17 bits per heavy atom. The van der Waals surface area contributed by atoms with Crippen molar-refractivity contribution in [3.8, 4) is 5.75 Å². The molecule has 1 aromatic heterocycles. The van der Waals surface area contributed by atoms with Crippen molar-refractivity contribution in [1.82, 2.24) is 20.2 Å². The predicted molar refractivity (Wildman–Crippen MR) is 105 cm³/mol. The van der Waals surface area contributed by atoms with Crippen LogP contribution >= 0.6 is 0 Å². The van der Waals surface area contributed by atoms with Crippen LogP contribution in [0.15, 0.2) is 48.5 Å². The molecule has 1 fully saturated rings. The number of hydrogen-bond donors (Lipinski definition) is 3. The Balaban J connectivity index is 1.48. The molecule has 1 aliphatic heterocycles. The van der Waals surface area contributed by atoms with Crippen molar-refractivity contribution in [2.24, 2.45) is 0 Å². The van der Waals surface area contributed by atoms with E-state index in [0.29, 0.717) is 16.8 Å². The van der Waals surface area contributed by atoms with Crippen LogP contribution in [0.1, 0.15) is 12.5 Å². The van der Waals surface area contributed by atoms with Crippen LogP contribution in [-0.4, -0.2) is 46.4 Å². The Labute approximate surface area is 166 Å². The topological polar surface area (TPSA) is 116 Å². The van der Waals surface area contributed by atoms with Crippen molar-refractivity contribution in [3.05, 3.63) is 54.1 Å². The lowest BCUT2D eigenvalue weighted by Gasteiger charge is -2.22. The van der Waals surface area contributed by atoms with E-state index in [1.807, 2.05) is 18.2 Å². The molecule has 0 aliphatic carbocycles. The third kappa shape index (κ3) is 3.27. The van der Waals surface area contributed by atoms with E-state index in [1.54, 1.807) is 44.4 Å². The quantitative estimate of drug-likeness (QED) is 0.573. The second-order valence-electron chi connectivity index (χ2n) is 6.83. The molecule has 4 rings (SSSR count). The van der Waals surface area contributed by atoms with Crippen LogP contribution in [0.5, 0.6) is 5.75 Å². The average molecular weight is 393 g/mol. The maximum atomic E-state index is 12.9. The molecule has 4 amide bonds. The number of para-hydroxylation sites is 2. The van der Waals surface area contributed by atoms with Gasteiger partial charge in [0, 0.05) is 0 Å². The summed E-state index contributed by atoms with van der Waals surface area (Å²) >= 11 is 0. The number of carbonyl (C=O) groups is 3. The number of amides is 4. The molecule has 1 aliphatic rings. The molecular formula is C20H19N5O4. The molecule has 0 spiro atoms. The van der Waals surface area contributed by atoms with E-state index in [-0.39, 0.29) is 5.95 Å². The molecule has 9 heteroatoms. The Morgan fingerprint density at radius 3 is 2.59 bits per heavy atom. The minimum atomic E-state index is -1.26. The Kier molecular flexibility index (Phi) is 4.42. The number of aromatic amines is 1. The van der Waals surface area contributed by atoms with E-state index in [1.165, 1.54) is 0 Å². The molecule has 148 valence electrons. The van der Waals surface area contributed by atoms with E-state index in [2.05, 4.69) is 20.6 Å². The summed E-state index contributed by atoms with van der Waals surface area (Å²) in [6.07, 6.45) is 0. The smallest absolute Gasteiger partial charge is 0.325 e. The Hall–Kier alpha value is -3.88. The number of hydrogen-bond acceptors (Lipinski definition) is 5. The van der Waals surface area contributed by atoms with E-state index < -0.39 is 29.9 Å². The average Bonchev–Trinajstić information content (AvgIpc) is 3.22. The Morgan fingerprint density at radius 2 is 1.90 bits per heavy atom. The Bertz CT molecular complexity index is 1070. The highest BCUT2D eigenvalue weighted by molar-refractivity contribution is 6.10. The molecule has 0 bridgehead atoms. The van der Waals surface area contributed by atoms with Gasteiger partial charge in [-0.25, -0.2) is 9.78 Å². The molecule has 2 heterocycles. The highest BCUT2D eigenvalue weighted by atomic mass is 16.5. The maximum Gasteiger partial charge on any atom is 0.325 e. The van der Waals surface area contributed by atoms with Crippen LogP contribution in [0.4, 0.5) is 10.7 Å². The molecule has 0 saturated carbocycles. The van der Waals surface area contributed by atoms with Crippen LogP contribution in [0.2, 0.25) is 0 Å². The predicted octanol–water partition coefficient (Wildman–Crippen LogP) is 1.98. The summed E-state index contributed by atoms with van der Waals surface area (Å²) in [5.41, 5.74) is 0.801. The standard InChI is InChI=1S/C20H19N5O4/c1-20(12-7-9-13(29-2)10-8-12)17(27)25(19(28)24-20)11-16(26)23-18-21-14-5-3-4-6-15(14)22-18/h3-10H,11H2,1-2H3,(H,24,28)(H2,21,22,23,26)/t20-/m0/s1. The van der Waals surface area contributed by atoms with Crippen molar-refractivity contribution >= 4 is 34.8 Å². The fraction of sp³-hybridized carbons (Fsp3) is 0.200. The first-order valence-electron chi connectivity index (χ1n) is 8.94. The fourth-order valence-corrected chi connectivity index (χ4v) is 3.29. The number of benzene rings is 2. The van der Waals surface area contributed by atoms with Gasteiger partial charge in [-0.2, -0.15) is 0 Å². The highest BCUT2D eigenvalue weighted by Gasteiger charge is 2.49. The first kappa shape index (κ1) is 18.5. The van der Waals surface area contributed by atoms with Crippen molar-refractivity contribution in [2.75, 3.05) is 19.0 Å². The minimum absolute atomic E-state index is 0.251. The van der Waals surface area contributed by atoms with Crippen LogP contribution in [-0.2, 0) is 15.1 Å². The molecule has 1 saturated heterocycles. The van der Waals surface area contributed by atoms with Crippen molar-refractivity contribution in [2.45, 2.75) is 12.5 Å². The molecule has 3 aromatic rings. The molecule has 2 aromatic carbocycles. The number of nitrogens with one attached hydrogen (secondary N) is 3. The van der Waals surface area contributed by atoms with Gasteiger partial charge >= 0.3 is 6.03 Å². The number of carbonyl (C=O) groups excluding carboxylic acids is 3. The summed E-state index contributed by atoms with van der Waals surface area (Å²) in [5.74, 6) is -0.156. The number of imidazole rings is 1. The third-order valence-electron chi connectivity index (χ3n) is 4.89. The first-order chi connectivity index (χ1) is 13.9. The summed E-state index contributed by atoms with van der Waals surface area (Å²) in [6.45, 7) is 1.18. The number of imide groups is 1. The van der Waals surface area contributed by atoms with Gasteiger partial charge in [0.15, 0.2) is 0 Å². The number of aromatic nitrogens is 2. The van der Waals surface area contributed by atoms with Gasteiger partial charge in [-0.1, -0.05) is 24.3 Å². The van der Waals surface area contributed by atoms with Gasteiger partial charge in [0.1, 0.15) is 17.8 Å². The van der Waals surface area contributed by atoms with Gasteiger partial charge in [-0.15, -0.1) is 0 Å². The summed E-state index contributed by atoms with van der Waals surface area (Å²) < 4.78 is 5.12. The maximum absolute atomic E-state index is 12.9. The zero-order valence-corrected chi connectivity index (χ0v) is 15.9. The lowest BCUT2D eigenvalue weighted by Crippen LogP contribution is -2.42. The second-order valence-corrected chi connectivity index (χ2v) is 6.83. The van der Waals surface area contributed by atoms with Gasteiger partial charge in [-0.05, 0) is 36.8 Å². The summed E-state index contributed by atoms with van der Waals surface area (Å²) in [6, 6.07) is 13.5. The van der Waals surface area contributed by atoms with Crippen molar-refractivity contribution in [1.29, 1.82) is 0 Å². The van der Waals surface area contributed by atoms with Crippen LogP contribution in [0, 0.1) is 0 Å². The number of fused-ring (bicyclic) bond motifs is 1. The lowest BCUT2D eigenvalue weighted by atomic mass is 9.92. The third-order valence-corrected chi connectivity index (χ3v) is 4.89. The van der Waals surface area contributed by atoms with Gasteiger partial charge in [0.05, 0.1) is 18.1 Å². The fourth-order valence-electron chi connectivity index (χ4n) is 3.29. The number of urea groups is 1. The summed E-state index contributed by atoms with van der Waals surface area (Å²) in [5, 5.41) is 5.25. The van der Waals surface area contributed by atoms with Crippen LogP contribution in [0.25, 0.3) is 11.0 Å². The largest absolute Gasteiger partial charge is 0.497 e. The monoisotopic (exact) mass is 393 g/mol. The second kappa shape index (κ2) is 6.93. The minimum Gasteiger partial charge on any atom is -0.497 e. The summed E-state index contributed by atoms with van der Waals surface area (Å²) in [4.78, 5) is 45.8. The van der Waals surface area contributed by atoms with Crippen LogP contribution in [0.3, 0.4) is 0 Å². The molecule has 9 nitrogen and oxygen atoms in total. The lowest BCUT2D eigenvalue weighted by molar-refractivity contribution is -0.133. The molecule has 0 unspecified atom stereocenters. The van der Waals surface area contributed by atoms with E-state index >= 15 is 0 Å². The van der Waals surface area contributed by atoms with Gasteiger partial charge in [0.25, 0.3) is 5.91 Å². The van der Waals surface area contributed by atoms with E-state index in [4.69, 9.17) is 4.74 Å². The molecule has 0 radical (unpaired) electrons. The van der Waals surface area contributed by atoms with Crippen molar-refractivity contribution in [3.63, 3.8) is 0 Å². The van der Waals surface area contributed by atoms with Gasteiger partial charge < -0.3 is 15.0 Å². The van der Waals surface area contributed by atoms with E-state index in [0.717, 1.165) is 10.4 Å². The number of anilines is 1. The highest BCUT2D eigenvalue weighted by Crippen LogP contribution is 2.30. The zero-order chi connectivity index (χ0) is 20.6. The molecule has 3 N–H and O–H groups in total. The number of rotatable bonds is 5. The van der Waals surface area contributed by atoms with Gasteiger partial charge in [-0.3, -0.25) is 19.8 Å². The normalized spacial score (nSPS) is 18.8. The zero-order valence-electron chi connectivity index (χ0n) is 15.9. The number of ether oxygens (including phenoxy) is 1. The summed E-state index contributed by atoms with van der Waals surface area (Å²) in [7, 11) is 1.54. The number of H-pyrrole nitrogens is 1. The molecule has 1 atom stereocenters. The van der Waals surface area contributed by atoms with E-state index in [9.17, 15) is 14.4 Å². The van der Waals surface area contributed by atoms with Gasteiger partial charge in [0.2, 0.25) is 11.9 Å². The molecular weight excluding hydrogens is 374 g/mol. The first-order valence-corrected chi connectivity index (χ1v) is 8.94. The number of methoxy groups -OCH3 is 1. The van der Waals surface area contributed by atoms with Crippen molar-refractivity contribution < 1.29 is 19.1 Å². The number of nitrogens with zero attached hydrogens (tertiary/aromatic N) is 2. The van der Waals surface area contributed by atoms with Crippen LogP contribution < -0.4 is 15.4 Å². The molecule has 29 heavy (non-hydrogen) atoms.